The van der Waals surface area contributed by atoms with Crippen LogP contribution in [-0.4, -0.2) is 55.7 Å². The molecule has 1 saturated carbocycles. The van der Waals surface area contributed by atoms with Gasteiger partial charge in [-0.05, 0) is 86.1 Å². The minimum Gasteiger partial charge on any atom is -0.447 e. The molecular weight excluding hydrogens is 554 g/mol. The third kappa shape index (κ3) is 5.20. The summed E-state index contributed by atoms with van der Waals surface area (Å²) in [5.74, 6) is -0.236. The van der Waals surface area contributed by atoms with Gasteiger partial charge in [0.2, 0.25) is 5.91 Å². The van der Waals surface area contributed by atoms with Gasteiger partial charge in [-0.3, -0.25) is 9.78 Å². The molecule has 1 saturated heterocycles. The Morgan fingerprint density at radius 1 is 1.17 bits per heavy atom. The molecule has 3 aromatic rings. The molecule has 2 aliphatic carbocycles. The van der Waals surface area contributed by atoms with E-state index in [1.807, 2.05) is 55.8 Å². The average molecular weight is 590 g/mol. The lowest BCUT2D eigenvalue weighted by molar-refractivity contribution is -0.122. The summed E-state index contributed by atoms with van der Waals surface area (Å²) in [4.78, 5) is 36.6. The predicted molar refractivity (Wildman–Crippen MR) is 159 cm³/mol. The molecule has 2 N–H and O–H groups in total. The molecule has 2 aromatic heterocycles. The van der Waals surface area contributed by atoms with Gasteiger partial charge in [0.1, 0.15) is 5.60 Å². The fourth-order valence-corrected chi connectivity index (χ4v) is 6.46. The molecule has 10 heteroatoms. The molecule has 2 fully saturated rings. The Bertz CT molecular complexity index is 1540. The van der Waals surface area contributed by atoms with Gasteiger partial charge >= 0.3 is 6.09 Å². The number of aromatic nitrogens is 3. The fourth-order valence-electron chi connectivity index (χ4n) is 6.28. The second kappa shape index (κ2) is 11.2. The largest absolute Gasteiger partial charge is 0.447 e. The molecule has 2 amide bonds. The summed E-state index contributed by atoms with van der Waals surface area (Å²) in [7, 11) is 1.90. The van der Waals surface area contributed by atoms with Crippen LogP contribution in [0.15, 0.2) is 49.1 Å². The standard InChI is InChI=1S/C32H36ClN5O4/c1-19(2)42-31(40)38-13-10-22(11-14-38)32(41)26-9-8-23(33)16-24(26)25(15-21-5-4-12-35-29(21)32)28(27-17-34-18-37(27)3)36-30(39)20-6-7-20/h4-5,8-9,12,15-20,22,28,41H,6-7,10-11,13-14H2,1-3H3,(H,36,39). The van der Waals surface area contributed by atoms with Crippen molar-refractivity contribution >= 4 is 35.3 Å². The van der Waals surface area contributed by atoms with E-state index in [0.717, 1.165) is 35.2 Å². The van der Waals surface area contributed by atoms with Crippen LogP contribution in [-0.2, 0) is 22.2 Å². The van der Waals surface area contributed by atoms with Crippen molar-refractivity contribution in [1.29, 1.82) is 0 Å². The Morgan fingerprint density at radius 2 is 1.93 bits per heavy atom. The molecule has 3 aliphatic rings. The Kier molecular flexibility index (Phi) is 7.57. The van der Waals surface area contributed by atoms with E-state index in [0.29, 0.717) is 42.2 Å². The number of likely N-dealkylation sites (tertiary alicyclic amines) is 1. The van der Waals surface area contributed by atoms with Gasteiger partial charge in [-0.2, -0.15) is 0 Å². The SMILES string of the molecule is CC(C)OC(=O)N1CCC(C2(O)c3ccc(Cl)cc3C(C(NC(=O)C3CC3)c3cncn3C)=Cc3cccnc32)CC1. The number of nitrogens with zero attached hydrogens (tertiary/aromatic N) is 4. The van der Waals surface area contributed by atoms with Gasteiger partial charge in [0, 0.05) is 43.2 Å². The number of ether oxygens (including phenoxy) is 1. The number of pyridine rings is 1. The maximum Gasteiger partial charge on any atom is 0.410 e. The van der Waals surface area contributed by atoms with Crippen molar-refractivity contribution in [3.8, 4) is 0 Å². The van der Waals surface area contributed by atoms with Crippen LogP contribution in [0.3, 0.4) is 0 Å². The molecule has 0 bridgehead atoms. The summed E-state index contributed by atoms with van der Waals surface area (Å²) < 4.78 is 7.33. The summed E-state index contributed by atoms with van der Waals surface area (Å²) in [5.41, 5.74) is 2.86. The summed E-state index contributed by atoms with van der Waals surface area (Å²) in [6.07, 6.45) is 9.50. The maximum atomic E-state index is 13.2. The van der Waals surface area contributed by atoms with Crippen LogP contribution >= 0.6 is 11.6 Å². The second-order valence-electron chi connectivity index (χ2n) is 11.8. The Hall–Kier alpha value is -3.69. The van der Waals surface area contributed by atoms with E-state index in [2.05, 4.69) is 10.3 Å². The first-order chi connectivity index (χ1) is 20.2. The van der Waals surface area contributed by atoms with Crippen LogP contribution in [0.1, 0.15) is 73.7 Å². The molecule has 2 atom stereocenters. The van der Waals surface area contributed by atoms with E-state index in [-0.39, 0.29) is 29.9 Å². The van der Waals surface area contributed by atoms with Gasteiger partial charge < -0.3 is 24.6 Å². The number of halogens is 1. The fraction of sp³-hybridized carbons (Fsp3) is 0.438. The van der Waals surface area contributed by atoms with Crippen molar-refractivity contribution < 1.29 is 19.4 Å². The van der Waals surface area contributed by atoms with E-state index in [1.165, 1.54) is 0 Å². The first-order valence-corrected chi connectivity index (χ1v) is 15.0. The molecule has 42 heavy (non-hydrogen) atoms. The highest BCUT2D eigenvalue weighted by atomic mass is 35.5. The number of carbonyl (C=O) groups is 2. The molecule has 220 valence electrons. The molecule has 9 nitrogen and oxygen atoms in total. The first kappa shape index (κ1) is 28.4. The maximum absolute atomic E-state index is 13.2. The van der Waals surface area contributed by atoms with E-state index >= 15 is 0 Å². The lowest BCUT2D eigenvalue weighted by atomic mass is 9.72. The number of hydrogen-bond donors (Lipinski definition) is 2. The highest BCUT2D eigenvalue weighted by Gasteiger charge is 2.48. The monoisotopic (exact) mass is 589 g/mol. The van der Waals surface area contributed by atoms with Crippen LogP contribution in [0.5, 0.6) is 0 Å². The van der Waals surface area contributed by atoms with Gasteiger partial charge in [-0.25, -0.2) is 9.78 Å². The lowest BCUT2D eigenvalue weighted by Gasteiger charge is -2.42. The van der Waals surface area contributed by atoms with Crippen molar-refractivity contribution in [2.45, 2.75) is 57.3 Å². The van der Waals surface area contributed by atoms with Crippen LogP contribution in [0.4, 0.5) is 4.79 Å². The Labute approximate surface area is 250 Å². The minimum atomic E-state index is -1.47. The van der Waals surface area contributed by atoms with Gasteiger partial charge in [0.05, 0.1) is 36.1 Å². The van der Waals surface area contributed by atoms with Crippen molar-refractivity contribution in [1.82, 2.24) is 24.8 Å². The highest BCUT2D eigenvalue weighted by Crippen LogP contribution is 2.50. The molecule has 1 aromatic carbocycles. The molecule has 3 heterocycles. The van der Waals surface area contributed by atoms with Crippen molar-refractivity contribution in [2.75, 3.05) is 13.1 Å². The molecule has 0 radical (unpaired) electrons. The number of hydrogen-bond acceptors (Lipinski definition) is 6. The van der Waals surface area contributed by atoms with Crippen LogP contribution < -0.4 is 5.32 Å². The van der Waals surface area contributed by atoms with E-state index in [4.69, 9.17) is 21.3 Å². The number of benzene rings is 1. The van der Waals surface area contributed by atoms with Crippen LogP contribution in [0.25, 0.3) is 11.6 Å². The number of nitrogens with one attached hydrogen (secondary N) is 1. The predicted octanol–water partition coefficient (Wildman–Crippen LogP) is 5.08. The molecule has 2 unspecified atom stereocenters. The molecule has 6 rings (SSSR count). The molecular formula is C32H36ClN5O4. The van der Waals surface area contributed by atoms with E-state index in [9.17, 15) is 14.7 Å². The van der Waals surface area contributed by atoms with Gasteiger partial charge in [0.25, 0.3) is 0 Å². The normalized spacial score (nSPS) is 21.2. The summed E-state index contributed by atoms with van der Waals surface area (Å²) in [6.45, 7) is 4.58. The van der Waals surface area contributed by atoms with Crippen LogP contribution in [0, 0.1) is 11.8 Å². The smallest absolute Gasteiger partial charge is 0.410 e. The summed E-state index contributed by atoms with van der Waals surface area (Å²) in [6, 6.07) is 8.78. The zero-order valence-electron chi connectivity index (χ0n) is 24.1. The number of imidazole rings is 1. The summed E-state index contributed by atoms with van der Waals surface area (Å²) in [5, 5.41) is 16.7. The number of rotatable bonds is 6. The number of carbonyl (C=O) groups excluding carboxylic acids is 2. The number of fused-ring (bicyclic) bond motifs is 2. The third-order valence-electron chi connectivity index (χ3n) is 8.59. The zero-order chi connectivity index (χ0) is 29.6. The summed E-state index contributed by atoms with van der Waals surface area (Å²) >= 11 is 6.62. The number of aliphatic hydroxyl groups is 1. The van der Waals surface area contributed by atoms with Crippen molar-refractivity contribution in [3.05, 3.63) is 82.2 Å². The van der Waals surface area contributed by atoms with E-state index in [1.54, 1.807) is 29.7 Å². The first-order valence-electron chi connectivity index (χ1n) is 14.6. The Morgan fingerprint density at radius 3 is 2.60 bits per heavy atom. The zero-order valence-corrected chi connectivity index (χ0v) is 24.8. The lowest BCUT2D eigenvalue weighted by Crippen LogP contribution is -2.47. The molecule has 1 aliphatic heterocycles. The van der Waals surface area contributed by atoms with E-state index < -0.39 is 11.6 Å². The number of amides is 2. The van der Waals surface area contributed by atoms with Crippen molar-refractivity contribution in [3.63, 3.8) is 0 Å². The highest BCUT2D eigenvalue weighted by molar-refractivity contribution is 6.30. The van der Waals surface area contributed by atoms with Gasteiger partial charge in [-0.1, -0.05) is 23.7 Å². The third-order valence-corrected chi connectivity index (χ3v) is 8.83. The van der Waals surface area contributed by atoms with Gasteiger partial charge in [0.15, 0.2) is 0 Å². The number of piperidine rings is 1. The average Bonchev–Trinajstić information content (AvgIpc) is 3.76. The van der Waals surface area contributed by atoms with Crippen LogP contribution in [0.2, 0.25) is 5.02 Å². The topological polar surface area (TPSA) is 110 Å². The van der Waals surface area contributed by atoms with Gasteiger partial charge in [-0.15, -0.1) is 0 Å². The number of aryl methyl sites for hydroxylation is 1. The molecule has 0 spiro atoms. The minimum absolute atomic E-state index is 0.00254. The second-order valence-corrected chi connectivity index (χ2v) is 12.3. The quantitative estimate of drug-likeness (QED) is 0.415. The Balaban J connectivity index is 1.47. The van der Waals surface area contributed by atoms with Crippen molar-refractivity contribution in [2.24, 2.45) is 18.9 Å².